The van der Waals surface area contributed by atoms with Crippen LogP contribution in [0.5, 0.6) is 0 Å². The normalized spacial score (nSPS) is 52.5. The van der Waals surface area contributed by atoms with Crippen molar-refractivity contribution in [3.8, 4) is 0 Å². The summed E-state index contributed by atoms with van der Waals surface area (Å²) in [5, 5.41) is 84.6. The van der Waals surface area contributed by atoms with Crippen LogP contribution in [-0.2, 0) is 33.3 Å². The van der Waals surface area contributed by atoms with Crippen molar-refractivity contribution in [3.05, 3.63) is 11.6 Å². The highest BCUT2D eigenvalue weighted by atomic mass is 16.7. The lowest BCUT2D eigenvalue weighted by molar-refractivity contribution is -0.327. The minimum absolute atomic E-state index is 0.00200. The molecule has 15 nitrogen and oxygen atoms in total. The molecule has 2 heterocycles. The van der Waals surface area contributed by atoms with Gasteiger partial charge in [0.25, 0.3) is 0 Å². The van der Waals surface area contributed by atoms with Gasteiger partial charge in [-0.15, -0.1) is 0 Å². The first-order valence-corrected chi connectivity index (χ1v) is 21.3. The summed E-state index contributed by atoms with van der Waals surface area (Å²) < 4.78 is 28.5. The fraction of sp³-hybridized carbons (Fsp3) is 0.907. The maximum atomic E-state index is 14.6. The maximum absolute atomic E-state index is 14.6. The molecule has 0 unspecified atom stereocenters. The number of rotatable bonds is 7. The van der Waals surface area contributed by atoms with Crippen LogP contribution < -0.4 is 0 Å². The third-order valence-electron chi connectivity index (χ3n) is 17.5. The van der Waals surface area contributed by atoms with E-state index in [-0.39, 0.29) is 46.0 Å². The standard InChI is InChI=1S/C43H68O15/c1-38(2)14-16-43(37(53)58-35-31(50)28(47)27(46)23(19-44)55-35)17-15-41(5)21(22(43)18-38)8-9-25-39(3)12-11-26(40(4,20-45)24(39)10-13-42(25,41)6)56-36-32(51)29(48)30(49)33(57-36)34(52)54-7/h8,22-33,35-36,44-51H,9-20H2,1-7H3/t22-,23+,24+,25+,26-,27+,28-,29-,30-,31+,32+,33-,35-,36+,39-,40-,41+,42+,43-/m0/s1. The lowest BCUT2D eigenvalue weighted by Gasteiger charge is -2.71. The van der Waals surface area contributed by atoms with Gasteiger partial charge in [0.15, 0.2) is 12.4 Å². The molecule has 0 aromatic rings. The quantitative estimate of drug-likeness (QED) is 0.103. The first-order chi connectivity index (χ1) is 27.1. The average Bonchev–Trinajstić information content (AvgIpc) is 3.18. The van der Waals surface area contributed by atoms with Gasteiger partial charge >= 0.3 is 11.9 Å². The molecule has 0 aromatic heterocycles. The average molecular weight is 825 g/mol. The number of aliphatic hydroxyl groups is 8. The SMILES string of the molecule is COC(=O)[C@H]1O[C@@H](O[C@H]2CC[C@@]3(C)[C@@H](CC[C@]4(C)[C@@H]3CC=C3[C@@H]5CC(C)(C)CC[C@]5(C(=O)O[C@@H]5O[C@H](CO)[C@@H](O)[C@H](O)[C@H]5O)CC[C@]34C)[C@]2(C)CO)[C@H](O)[C@@H](O)[C@@H]1O. The number of carbonyl (C=O) groups excluding carboxylic acids is 2. The second kappa shape index (κ2) is 15.2. The Balaban J connectivity index is 1.17. The van der Waals surface area contributed by atoms with Gasteiger partial charge in [0.1, 0.15) is 42.7 Å². The van der Waals surface area contributed by atoms with Crippen LogP contribution in [-0.4, -0.2) is 141 Å². The van der Waals surface area contributed by atoms with Gasteiger partial charge in [-0.3, -0.25) is 4.79 Å². The molecule has 6 fully saturated rings. The summed E-state index contributed by atoms with van der Waals surface area (Å²) in [5.41, 5.74) is -1.17. The van der Waals surface area contributed by atoms with E-state index < -0.39 is 96.9 Å². The van der Waals surface area contributed by atoms with Gasteiger partial charge in [0, 0.05) is 5.41 Å². The van der Waals surface area contributed by atoms with E-state index in [1.54, 1.807) is 0 Å². The molecule has 0 bridgehead atoms. The Kier molecular flexibility index (Phi) is 11.6. The molecule has 2 saturated heterocycles. The summed E-state index contributed by atoms with van der Waals surface area (Å²) in [6, 6.07) is 0. The van der Waals surface area contributed by atoms with Crippen LogP contribution in [0.2, 0.25) is 0 Å². The molecule has 4 saturated carbocycles. The van der Waals surface area contributed by atoms with E-state index in [2.05, 4.69) is 40.7 Å². The molecule has 0 amide bonds. The van der Waals surface area contributed by atoms with Crippen molar-refractivity contribution in [2.75, 3.05) is 20.3 Å². The van der Waals surface area contributed by atoms with Crippen molar-refractivity contribution in [2.45, 2.75) is 173 Å². The number of hydrogen-bond acceptors (Lipinski definition) is 15. The van der Waals surface area contributed by atoms with Gasteiger partial charge < -0.3 is 64.5 Å². The van der Waals surface area contributed by atoms with E-state index in [4.69, 9.17) is 23.7 Å². The van der Waals surface area contributed by atoms with Gasteiger partial charge in [-0.25, -0.2) is 4.79 Å². The van der Waals surface area contributed by atoms with Crippen LogP contribution in [0.4, 0.5) is 0 Å². The van der Waals surface area contributed by atoms with Crippen molar-refractivity contribution in [3.63, 3.8) is 0 Å². The van der Waals surface area contributed by atoms with E-state index in [1.807, 2.05) is 6.92 Å². The Bertz CT molecular complexity index is 1600. The van der Waals surface area contributed by atoms with Crippen LogP contribution in [0, 0.1) is 50.2 Å². The van der Waals surface area contributed by atoms with E-state index in [0.29, 0.717) is 19.3 Å². The topological polar surface area (TPSA) is 242 Å². The molecule has 7 rings (SSSR count). The van der Waals surface area contributed by atoms with E-state index >= 15 is 0 Å². The Hall–Kier alpha value is -1.76. The fourth-order valence-electron chi connectivity index (χ4n) is 13.7. The van der Waals surface area contributed by atoms with Crippen molar-refractivity contribution >= 4 is 11.9 Å². The number of allylic oxidation sites excluding steroid dienone is 2. The Morgan fingerprint density at radius 3 is 2.07 bits per heavy atom. The van der Waals surface area contributed by atoms with Gasteiger partial charge in [0.05, 0.1) is 31.8 Å². The minimum Gasteiger partial charge on any atom is -0.467 e. The third-order valence-corrected chi connectivity index (χ3v) is 17.5. The van der Waals surface area contributed by atoms with E-state index in [9.17, 15) is 50.4 Å². The van der Waals surface area contributed by atoms with Crippen molar-refractivity contribution < 1.29 is 74.1 Å². The predicted molar refractivity (Wildman–Crippen MR) is 204 cm³/mol. The molecule has 2 aliphatic heterocycles. The summed E-state index contributed by atoms with van der Waals surface area (Å²) in [4.78, 5) is 27.0. The molecule has 5 aliphatic carbocycles. The van der Waals surface area contributed by atoms with Crippen molar-refractivity contribution in [1.82, 2.24) is 0 Å². The molecule has 0 radical (unpaired) electrons. The molecule has 330 valence electrons. The molecule has 0 spiro atoms. The van der Waals surface area contributed by atoms with E-state index in [0.717, 1.165) is 52.1 Å². The first kappa shape index (κ1) is 44.3. The number of carbonyl (C=O) groups is 2. The predicted octanol–water partition coefficient (Wildman–Crippen LogP) is 1.47. The van der Waals surface area contributed by atoms with Crippen LogP contribution >= 0.6 is 0 Å². The van der Waals surface area contributed by atoms with Crippen molar-refractivity contribution in [1.29, 1.82) is 0 Å². The van der Waals surface area contributed by atoms with Crippen LogP contribution in [0.1, 0.15) is 106 Å². The maximum Gasteiger partial charge on any atom is 0.337 e. The highest BCUT2D eigenvalue weighted by Crippen LogP contribution is 2.76. The summed E-state index contributed by atoms with van der Waals surface area (Å²) in [6.45, 7) is 12.8. The Morgan fingerprint density at radius 2 is 1.41 bits per heavy atom. The number of ether oxygens (including phenoxy) is 5. The highest BCUT2D eigenvalue weighted by molar-refractivity contribution is 5.79. The number of esters is 2. The summed E-state index contributed by atoms with van der Waals surface area (Å²) in [7, 11) is 1.14. The number of fused-ring (bicyclic) bond motifs is 7. The lowest BCUT2D eigenvalue weighted by Crippen LogP contribution is -2.67. The molecular formula is C43H68O15. The summed E-state index contributed by atoms with van der Waals surface area (Å²) in [6.07, 6.45) is -6.82. The zero-order valence-electron chi connectivity index (χ0n) is 35.1. The first-order valence-electron chi connectivity index (χ1n) is 21.3. The van der Waals surface area contributed by atoms with Gasteiger partial charge in [0.2, 0.25) is 6.29 Å². The number of methoxy groups -OCH3 is 1. The van der Waals surface area contributed by atoms with E-state index in [1.165, 1.54) is 5.57 Å². The second-order valence-corrected chi connectivity index (χ2v) is 20.7. The highest BCUT2D eigenvalue weighted by Gasteiger charge is 2.70. The molecule has 7 aliphatic rings. The van der Waals surface area contributed by atoms with Gasteiger partial charge in [-0.1, -0.05) is 53.2 Å². The summed E-state index contributed by atoms with van der Waals surface area (Å²) >= 11 is 0. The monoisotopic (exact) mass is 824 g/mol. The largest absolute Gasteiger partial charge is 0.467 e. The molecule has 15 heteroatoms. The molecule has 0 aromatic carbocycles. The number of aliphatic hydroxyl groups excluding tert-OH is 8. The van der Waals surface area contributed by atoms with Crippen LogP contribution in [0.15, 0.2) is 11.6 Å². The zero-order valence-corrected chi connectivity index (χ0v) is 35.1. The van der Waals surface area contributed by atoms with Gasteiger partial charge in [-0.2, -0.15) is 0 Å². The minimum atomic E-state index is -1.71. The molecule has 19 atom stereocenters. The summed E-state index contributed by atoms with van der Waals surface area (Å²) in [5.74, 6) is -1.33. The molecular weight excluding hydrogens is 756 g/mol. The zero-order chi connectivity index (χ0) is 42.5. The smallest absolute Gasteiger partial charge is 0.337 e. The number of hydrogen-bond donors (Lipinski definition) is 8. The van der Waals surface area contributed by atoms with Crippen LogP contribution in [0.25, 0.3) is 0 Å². The third kappa shape index (κ3) is 6.46. The molecule has 58 heavy (non-hydrogen) atoms. The fourth-order valence-corrected chi connectivity index (χ4v) is 13.7. The van der Waals surface area contributed by atoms with Crippen LogP contribution in [0.3, 0.4) is 0 Å². The van der Waals surface area contributed by atoms with Crippen molar-refractivity contribution in [2.24, 2.45) is 50.2 Å². The van der Waals surface area contributed by atoms with Gasteiger partial charge in [-0.05, 0) is 104 Å². The lowest BCUT2D eigenvalue weighted by atomic mass is 9.33. The molecule has 8 N–H and O–H groups in total. The Morgan fingerprint density at radius 1 is 0.759 bits per heavy atom. The Labute approximate surface area is 341 Å². The second-order valence-electron chi connectivity index (χ2n) is 20.7.